The average Bonchev–Trinajstić information content (AvgIpc) is 3.16. The molecule has 2 rings (SSSR count). The lowest BCUT2D eigenvalue weighted by molar-refractivity contribution is -0.121. The molecule has 3 nitrogen and oxygen atoms in total. The van der Waals surface area contributed by atoms with Crippen LogP contribution >= 0.6 is 0 Å². The number of carbonyl (C=O) groups excluding carboxylic acids is 1. The summed E-state index contributed by atoms with van der Waals surface area (Å²) < 4.78 is 0. The predicted molar refractivity (Wildman–Crippen MR) is 69.8 cm³/mol. The molecule has 2 fully saturated rings. The van der Waals surface area contributed by atoms with Crippen LogP contribution in [-0.2, 0) is 4.79 Å². The van der Waals surface area contributed by atoms with Crippen LogP contribution in [0.1, 0.15) is 52.4 Å². The number of nitrogens with one attached hydrogen (secondary N) is 2. The lowest BCUT2D eigenvalue weighted by atomic mass is 10.1. The second-order valence-electron chi connectivity index (χ2n) is 5.66. The highest BCUT2D eigenvalue weighted by Crippen LogP contribution is 2.44. The zero-order chi connectivity index (χ0) is 12.3. The Morgan fingerprint density at radius 1 is 1.12 bits per heavy atom. The molecule has 0 aromatic rings. The van der Waals surface area contributed by atoms with Crippen LogP contribution in [0, 0.1) is 11.8 Å². The van der Waals surface area contributed by atoms with Crippen molar-refractivity contribution in [1.29, 1.82) is 0 Å². The maximum Gasteiger partial charge on any atom is 0.234 e. The summed E-state index contributed by atoms with van der Waals surface area (Å²) in [6.45, 7) is 4.76. The van der Waals surface area contributed by atoms with Gasteiger partial charge in [0.1, 0.15) is 0 Å². The fraction of sp³-hybridized carbons (Fsp3) is 0.929. The van der Waals surface area contributed by atoms with Gasteiger partial charge in [0.25, 0.3) is 0 Å². The van der Waals surface area contributed by atoms with E-state index in [0.717, 1.165) is 24.7 Å². The van der Waals surface area contributed by atoms with Gasteiger partial charge in [0.15, 0.2) is 0 Å². The quantitative estimate of drug-likeness (QED) is 0.679. The van der Waals surface area contributed by atoms with Crippen molar-refractivity contribution >= 4 is 5.91 Å². The van der Waals surface area contributed by atoms with Gasteiger partial charge in [-0.15, -0.1) is 0 Å². The normalized spacial score (nSPS) is 20.0. The molecule has 0 radical (unpaired) electrons. The summed E-state index contributed by atoms with van der Waals surface area (Å²) >= 11 is 0. The van der Waals surface area contributed by atoms with E-state index in [9.17, 15) is 4.79 Å². The highest BCUT2D eigenvalue weighted by molar-refractivity contribution is 5.78. The predicted octanol–water partition coefficient (Wildman–Crippen LogP) is 2.07. The number of rotatable bonds is 8. The van der Waals surface area contributed by atoms with Crippen LogP contribution in [-0.4, -0.2) is 24.5 Å². The van der Waals surface area contributed by atoms with Crippen LogP contribution < -0.4 is 10.6 Å². The molecule has 2 aliphatic carbocycles. The molecule has 0 spiro atoms. The van der Waals surface area contributed by atoms with E-state index in [1.54, 1.807) is 0 Å². The van der Waals surface area contributed by atoms with Gasteiger partial charge in [-0.1, -0.05) is 13.8 Å². The Hall–Kier alpha value is -0.570. The highest BCUT2D eigenvalue weighted by Gasteiger charge is 2.41. The Morgan fingerprint density at radius 3 is 2.06 bits per heavy atom. The van der Waals surface area contributed by atoms with Gasteiger partial charge in [-0.05, 0) is 50.4 Å². The minimum absolute atomic E-state index is 0.171. The molecule has 2 aliphatic rings. The maximum atomic E-state index is 11.8. The maximum absolute atomic E-state index is 11.8. The minimum atomic E-state index is 0.171. The first-order valence-corrected chi connectivity index (χ1v) is 7.27. The zero-order valence-electron chi connectivity index (χ0n) is 11.2. The SMILES string of the molecule is CCC(CC)NC(=O)CNC(C1CC1)C1CC1. The summed E-state index contributed by atoms with van der Waals surface area (Å²) in [5, 5.41) is 6.57. The second kappa shape index (κ2) is 5.85. The number of hydrogen-bond acceptors (Lipinski definition) is 2. The summed E-state index contributed by atoms with van der Waals surface area (Å²) in [5.74, 6) is 1.90. The largest absolute Gasteiger partial charge is 0.352 e. The summed E-state index contributed by atoms with van der Waals surface area (Å²) in [6, 6.07) is 0.979. The van der Waals surface area contributed by atoms with Crippen molar-refractivity contribution in [1.82, 2.24) is 10.6 Å². The molecule has 0 aliphatic heterocycles. The molecule has 98 valence electrons. The van der Waals surface area contributed by atoms with Crippen molar-refractivity contribution in [3.8, 4) is 0 Å². The molecule has 0 unspecified atom stereocenters. The Balaban J connectivity index is 1.67. The third-order valence-corrected chi connectivity index (χ3v) is 4.11. The summed E-state index contributed by atoms with van der Waals surface area (Å²) in [4.78, 5) is 11.8. The minimum Gasteiger partial charge on any atom is -0.352 e. The van der Waals surface area contributed by atoms with Crippen LogP contribution in [0.4, 0.5) is 0 Å². The molecule has 1 amide bonds. The number of amides is 1. The third-order valence-electron chi connectivity index (χ3n) is 4.11. The molecule has 0 heterocycles. The first kappa shape index (κ1) is 12.9. The van der Waals surface area contributed by atoms with Crippen molar-refractivity contribution in [3.05, 3.63) is 0 Å². The Labute approximate surface area is 105 Å². The van der Waals surface area contributed by atoms with E-state index in [2.05, 4.69) is 24.5 Å². The summed E-state index contributed by atoms with van der Waals surface area (Å²) in [6.07, 6.45) is 7.50. The second-order valence-corrected chi connectivity index (χ2v) is 5.66. The summed E-state index contributed by atoms with van der Waals surface area (Å²) in [5.41, 5.74) is 0. The average molecular weight is 238 g/mol. The lowest BCUT2D eigenvalue weighted by Gasteiger charge is -2.19. The lowest BCUT2D eigenvalue weighted by Crippen LogP contribution is -2.44. The monoisotopic (exact) mass is 238 g/mol. The number of carbonyl (C=O) groups is 1. The van der Waals surface area contributed by atoms with Gasteiger partial charge in [-0.2, -0.15) is 0 Å². The molecule has 0 atom stereocenters. The van der Waals surface area contributed by atoms with E-state index in [-0.39, 0.29) is 5.91 Å². The van der Waals surface area contributed by atoms with E-state index < -0.39 is 0 Å². The van der Waals surface area contributed by atoms with Crippen LogP contribution in [0.25, 0.3) is 0 Å². The molecule has 3 heteroatoms. The van der Waals surface area contributed by atoms with Crippen LogP contribution in [0.2, 0.25) is 0 Å². The van der Waals surface area contributed by atoms with Crippen molar-refractivity contribution in [3.63, 3.8) is 0 Å². The standard InChI is InChI=1S/C14H26N2O/c1-3-12(4-2)16-13(17)9-15-14(10-5-6-10)11-7-8-11/h10-12,14-15H,3-9H2,1-2H3,(H,16,17). The molecule has 2 N–H and O–H groups in total. The first-order valence-electron chi connectivity index (χ1n) is 7.27. The fourth-order valence-corrected chi connectivity index (χ4v) is 2.61. The van der Waals surface area contributed by atoms with E-state index in [4.69, 9.17) is 0 Å². The molecule has 0 aromatic carbocycles. The highest BCUT2D eigenvalue weighted by atomic mass is 16.1. The molecule has 17 heavy (non-hydrogen) atoms. The van der Waals surface area contributed by atoms with Gasteiger partial charge in [-0.25, -0.2) is 0 Å². The van der Waals surface area contributed by atoms with E-state index in [0.29, 0.717) is 18.6 Å². The summed E-state index contributed by atoms with van der Waals surface area (Å²) in [7, 11) is 0. The van der Waals surface area contributed by atoms with Crippen molar-refractivity contribution in [2.24, 2.45) is 11.8 Å². The van der Waals surface area contributed by atoms with Crippen molar-refractivity contribution < 1.29 is 4.79 Å². The first-order chi connectivity index (χ1) is 8.24. The Kier molecular flexibility index (Phi) is 4.43. The van der Waals surface area contributed by atoms with Crippen LogP contribution in [0.5, 0.6) is 0 Å². The fourth-order valence-electron chi connectivity index (χ4n) is 2.61. The van der Waals surface area contributed by atoms with E-state index in [1.807, 2.05) is 0 Å². The van der Waals surface area contributed by atoms with Gasteiger partial charge >= 0.3 is 0 Å². The molecular formula is C14H26N2O. The number of hydrogen-bond donors (Lipinski definition) is 2. The van der Waals surface area contributed by atoms with Gasteiger partial charge in [0, 0.05) is 12.1 Å². The zero-order valence-corrected chi connectivity index (χ0v) is 11.2. The molecule has 0 aromatic heterocycles. The third kappa shape index (κ3) is 3.98. The van der Waals surface area contributed by atoms with Gasteiger partial charge in [0.05, 0.1) is 6.54 Å². The van der Waals surface area contributed by atoms with Crippen LogP contribution in [0.3, 0.4) is 0 Å². The molecule has 2 saturated carbocycles. The van der Waals surface area contributed by atoms with Crippen molar-refractivity contribution in [2.45, 2.75) is 64.5 Å². The molecule has 0 saturated heterocycles. The van der Waals surface area contributed by atoms with Crippen molar-refractivity contribution in [2.75, 3.05) is 6.54 Å². The van der Waals surface area contributed by atoms with E-state index >= 15 is 0 Å². The smallest absolute Gasteiger partial charge is 0.234 e. The van der Waals surface area contributed by atoms with Gasteiger partial charge in [-0.3, -0.25) is 4.79 Å². The Morgan fingerprint density at radius 2 is 1.65 bits per heavy atom. The topological polar surface area (TPSA) is 41.1 Å². The van der Waals surface area contributed by atoms with Gasteiger partial charge < -0.3 is 10.6 Å². The molecule has 0 bridgehead atoms. The van der Waals surface area contributed by atoms with Crippen LogP contribution in [0.15, 0.2) is 0 Å². The van der Waals surface area contributed by atoms with E-state index in [1.165, 1.54) is 25.7 Å². The van der Waals surface area contributed by atoms with Gasteiger partial charge in [0.2, 0.25) is 5.91 Å². The Bertz CT molecular complexity index is 243. The molecular weight excluding hydrogens is 212 g/mol.